The van der Waals surface area contributed by atoms with E-state index in [9.17, 15) is 18.0 Å². The van der Waals surface area contributed by atoms with Crippen molar-refractivity contribution >= 4 is 16.9 Å². The number of benzene rings is 2. The molecule has 2 aromatic carbocycles. The van der Waals surface area contributed by atoms with Crippen LogP contribution in [0.1, 0.15) is 23.4 Å². The predicted octanol–water partition coefficient (Wildman–Crippen LogP) is 4.78. The summed E-state index contributed by atoms with van der Waals surface area (Å²) in [6.07, 6.45) is -2.13. The van der Waals surface area contributed by atoms with Crippen LogP contribution in [0.4, 0.5) is 13.2 Å². The summed E-state index contributed by atoms with van der Waals surface area (Å²) in [5.74, 6) is -0.386. The third kappa shape index (κ3) is 4.05. The van der Waals surface area contributed by atoms with E-state index in [1.807, 2.05) is 35.0 Å². The van der Waals surface area contributed by atoms with E-state index in [-0.39, 0.29) is 18.9 Å². The third-order valence-corrected chi connectivity index (χ3v) is 4.72. The lowest BCUT2D eigenvalue weighted by Gasteiger charge is -2.05. The van der Waals surface area contributed by atoms with Crippen molar-refractivity contribution in [2.45, 2.75) is 25.6 Å². The van der Waals surface area contributed by atoms with E-state index < -0.39 is 17.7 Å². The SMILES string of the molecule is O=C(O)CCc1cn(Cc2noc(-c3ccc(C(F)(F)F)cc3)n2)c2ccccc12. The molecule has 4 aromatic rings. The fourth-order valence-corrected chi connectivity index (χ4v) is 3.28. The predicted molar refractivity (Wildman–Crippen MR) is 102 cm³/mol. The molecule has 0 bridgehead atoms. The second-order valence-electron chi connectivity index (χ2n) is 6.78. The van der Waals surface area contributed by atoms with Gasteiger partial charge in [0.05, 0.1) is 12.1 Å². The van der Waals surface area contributed by atoms with E-state index in [2.05, 4.69) is 10.1 Å². The molecule has 1 N–H and O–H groups in total. The van der Waals surface area contributed by atoms with E-state index in [0.717, 1.165) is 28.6 Å². The summed E-state index contributed by atoms with van der Waals surface area (Å²) in [5, 5.41) is 13.8. The first-order valence-corrected chi connectivity index (χ1v) is 9.10. The summed E-state index contributed by atoms with van der Waals surface area (Å²) in [6, 6.07) is 12.1. The maximum absolute atomic E-state index is 12.7. The quantitative estimate of drug-likeness (QED) is 0.490. The first-order chi connectivity index (χ1) is 14.3. The Kier molecular flexibility index (Phi) is 5.03. The smallest absolute Gasteiger partial charge is 0.416 e. The number of nitrogens with zero attached hydrogens (tertiary/aromatic N) is 3. The van der Waals surface area contributed by atoms with Gasteiger partial charge in [-0.05, 0) is 42.3 Å². The van der Waals surface area contributed by atoms with Crippen LogP contribution in [0.2, 0.25) is 0 Å². The molecule has 2 heterocycles. The lowest BCUT2D eigenvalue weighted by atomic mass is 10.1. The fourth-order valence-electron chi connectivity index (χ4n) is 3.28. The Labute approximate surface area is 168 Å². The molecule has 0 saturated heterocycles. The summed E-state index contributed by atoms with van der Waals surface area (Å²) in [5.41, 5.74) is 1.44. The van der Waals surface area contributed by atoms with Crippen LogP contribution < -0.4 is 0 Å². The molecule has 2 aromatic heterocycles. The van der Waals surface area contributed by atoms with Crippen LogP contribution in [-0.4, -0.2) is 25.8 Å². The van der Waals surface area contributed by atoms with Gasteiger partial charge in [0.15, 0.2) is 5.82 Å². The van der Waals surface area contributed by atoms with Crippen LogP contribution in [0.5, 0.6) is 0 Å². The van der Waals surface area contributed by atoms with Gasteiger partial charge in [-0.15, -0.1) is 0 Å². The highest BCUT2D eigenvalue weighted by Gasteiger charge is 2.30. The second-order valence-corrected chi connectivity index (χ2v) is 6.78. The van der Waals surface area contributed by atoms with Crippen molar-refractivity contribution < 1.29 is 27.6 Å². The van der Waals surface area contributed by atoms with E-state index in [4.69, 9.17) is 9.63 Å². The minimum atomic E-state index is -4.41. The van der Waals surface area contributed by atoms with Gasteiger partial charge >= 0.3 is 12.1 Å². The third-order valence-electron chi connectivity index (χ3n) is 4.72. The van der Waals surface area contributed by atoms with E-state index in [1.54, 1.807) is 0 Å². The maximum Gasteiger partial charge on any atom is 0.416 e. The van der Waals surface area contributed by atoms with Gasteiger partial charge in [0.1, 0.15) is 0 Å². The molecule has 0 spiro atoms. The summed E-state index contributed by atoms with van der Waals surface area (Å²) in [6.45, 7) is 0.276. The number of para-hydroxylation sites is 1. The number of hydrogen-bond donors (Lipinski definition) is 1. The van der Waals surface area contributed by atoms with Crippen molar-refractivity contribution in [1.29, 1.82) is 0 Å². The standard InChI is InChI=1S/C21H16F3N3O3/c22-21(23,24)15-8-5-13(6-9-15)20-25-18(26-30-20)12-27-11-14(7-10-19(28)29)16-3-1-2-4-17(16)27/h1-6,8-9,11H,7,10,12H2,(H,28,29). The average Bonchev–Trinajstić information content (AvgIpc) is 3.31. The monoisotopic (exact) mass is 415 g/mol. The molecule has 0 aliphatic heterocycles. The molecule has 0 saturated carbocycles. The molecular formula is C21H16F3N3O3. The number of carbonyl (C=O) groups is 1. The largest absolute Gasteiger partial charge is 0.481 e. The van der Waals surface area contributed by atoms with Gasteiger partial charge in [-0.25, -0.2) is 0 Å². The zero-order valence-electron chi connectivity index (χ0n) is 15.6. The second kappa shape index (κ2) is 7.66. The lowest BCUT2D eigenvalue weighted by molar-refractivity contribution is -0.138. The number of fused-ring (bicyclic) bond motifs is 1. The molecule has 30 heavy (non-hydrogen) atoms. The van der Waals surface area contributed by atoms with Gasteiger partial charge in [-0.2, -0.15) is 18.2 Å². The van der Waals surface area contributed by atoms with Gasteiger partial charge in [-0.1, -0.05) is 23.4 Å². The Bertz CT molecular complexity index is 1190. The van der Waals surface area contributed by atoms with E-state index >= 15 is 0 Å². The molecule has 154 valence electrons. The molecule has 4 rings (SSSR count). The zero-order chi connectivity index (χ0) is 21.3. The summed E-state index contributed by atoms with van der Waals surface area (Å²) < 4.78 is 45.2. The van der Waals surface area contributed by atoms with Gasteiger partial charge in [-0.3, -0.25) is 4.79 Å². The number of aromatic nitrogens is 3. The number of rotatable bonds is 6. The molecule has 0 aliphatic rings. The van der Waals surface area contributed by atoms with Gasteiger partial charge < -0.3 is 14.2 Å². The van der Waals surface area contributed by atoms with Crippen LogP contribution >= 0.6 is 0 Å². The minimum Gasteiger partial charge on any atom is -0.481 e. The maximum atomic E-state index is 12.7. The first-order valence-electron chi connectivity index (χ1n) is 9.10. The molecule has 0 amide bonds. The Morgan fingerprint density at radius 3 is 2.53 bits per heavy atom. The number of hydrogen-bond acceptors (Lipinski definition) is 4. The molecule has 0 atom stereocenters. The summed E-state index contributed by atoms with van der Waals surface area (Å²) >= 11 is 0. The Morgan fingerprint density at radius 2 is 1.83 bits per heavy atom. The highest BCUT2D eigenvalue weighted by Crippen LogP contribution is 2.30. The zero-order valence-corrected chi connectivity index (χ0v) is 15.6. The fraction of sp³-hybridized carbons (Fsp3) is 0.190. The van der Waals surface area contributed by atoms with Crippen molar-refractivity contribution in [1.82, 2.24) is 14.7 Å². The van der Waals surface area contributed by atoms with E-state index in [0.29, 0.717) is 17.8 Å². The van der Waals surface area contributed by atoms with Crippen molar-refractivity contribution in [2.75, 3.05) is 0 Å². The molecule has 6 nitrogen and oxygen atoms in total. The van der Waals surface area contributed by atoms with Crippen LogP contribution in [-0.2, 0) is 23.9 Å². The topological polar surface area (TPSA) is 81.1 Å². The normalized spacial score (nSPS) is 11.8. The lowest BCUT2D eigenvalue weighted by Crippen LogP contribution is -2.04. The number of carboxylic acids is 1. The van der Waals surface area contributed by atoms with Crippen LogP contribution in [0.25, 0.3) is 22.4 Å². The molecular weight excluding hydrogens is 399 g/mol. The van der Waals surface area contributed by atoms with Crippen LogP contribution in [0.3, 0.4) is 0 Å². The number of aryl methyl sites for hydroxylation is 1. The van der Waals surface area contributed by atoms with Crippen molar-refractivity contribution in [3.63, 3.8) is 0 Å². The number of carboxylic acid groups (broad SMARTS) is 1. The molecule has 0 radical (unpaired) electrons. The van der Waals surface area contributed by atoms with Gasteiger partial charge in [0.2, 0.25) is 0 Å². The first kappa shape index (κ1) is 19.7. The number of aliphatic carboxylic acids is 1. The summed E-state index contributed by atoms with van der Waals surface area (Å²) in [4.78, 5) is 15.2. The van der Waals surface area contributed by atoms with Gasteiger partial charge in [0, 0.05) is 29.1 Å². The van der Waals surface area contributed by atoms with Crippen molar-refractivity contribution in [2.24, 2.45) is 0 Å². The molecule has 0 unspecified atom stereocenters. The van der Waals surface area contributed by atoms with Crippen molar-refractivity contribution in [3.05, 3.63) is 71.7 Å². The van der Waals surface area contributed by atoms with Crippen LogP contribution in [0, 0.1) is 0 Å². The molecule has 9 heteroatoms. The minimum absolute atomic E-state index is 0.0221. The molecule has 0 aliphatic carbocycles. The Balaban J connectivity index is 1.58. The highest BCUT2D eigenvalue weighted by molar-refractivity contribution is 5.84. The molecule has 0 fully saturated rings. The number of halogens is 3. The van der Waals surface area contributed by atoms with Crippen molar-refractivity contribution in [3.8, 4) is 11.5 Å². The number of alkyl halides is 3. The summed E-state index contributed by atoms with van der Waals surface area (Å²) in [7, 11) is 0. The average molecular weight is 415 g/mol. The van der Waals surface area contributed by atoms with E-state index in [1.165, 1.54) is 12.1 Å². The Hall–Kier alpha value is -3.62. The highest BCUT2D eigenvalue weighted by atomic mass is 19.4. The Morgan fingerprint density at radius 1 is 1.10 bits per heavy atom. The van der Waals surface area contributed by atoms with Gasteiger partial charge in [0.25, 0.3) is 5.89 Å². The van der Waals surface area contributed by atoms with Crippen LogP contribution in [0.15, 0.2) is 59.3 Å².